The Kier molecular flexibility index (Phi) is 7.59. The Bertz CT molecular complexity index is 888. The summed E-state index contributed by atoms with van der Waals surface area (Å²) in [6, 6.07) is 14.2. The molecule has 0 aromatic heterocycles. The molecule has 1 N–H and O–H groups in total. The van der Waals surface area contributed by atoms with Gasteiger partial charge in [-0.15, -0.1) is 0 Å². The molecule has 32 heavy (non-hydrogen) atoms. The van der Waals surface area contributed by atoms with E-state index >= 15 is 0 Å². The number of carbonyl (C=O) groups is 1. The first kappa shape index (κ1) is 22.9. The van der Waals surface area contributed by atoms with Crippen LogP contribution in [0.5, 0.6) is 11.5 Å². The standard InChI is InChI=1S/C26H33ClN2O3/c1-31-22-15-20(16-23(17-22)32-2)26(30)28-24-4-3-5-25(24)29-12-10-19(11-13-29)14-18-6-8-21(27)9-7-18/h6-9,15-17,19,24-25H,3-5,10-14H2,1-2H3,(H,28,30)/t24-,25-/m1/s1. The first-order valence-corrected chi connectivity index (χ1v) is 12.0. The maximum absolute atomic E-state index is 13.0. The van der Waals surface area contributed by atoms with Gasteiger partial charge in [-0.3, -0.25) is 9.69 Å². The Balaban J connectivity index is 1.33. The van der Waals surface area contributed by atoms with E-state index in [0.717, 1.165) is 43.8 Å². The van der Waals surface area contributed by atoms with Gasteiger partial charge < -0.3 is 14.8 Å². The normalized spacial score (nSPS) is 22.0. The van der Waals surface area contributed by atoms with Crippen molar-refractivity contribution in [3.63, 3.8) is 0 Å². The number of halogens is 1. The highest BCUT2D eigenvalue weighted by molar-refractivity contribution is 6.30. The first-order valence-electron chi connectivity index (χ1n) is 11.6. The zero-order valence-corrected chi connectivity index (χ0v) is 19.7. The third-order valence-corrected chi connectivity index (χ3v) is 7.22. The predicted octanol–water partition coefficient (Wildman–Crippen LogP) is 4.96. The lowest BCUT2D eigenvalue weighted by molar-refractivity contribution is 0.0861. The van der Waals surface area contributed by atoms with Crippen LogP contribution in [0.25, 0.3) is 0 Å². The van der Waals surface area contributed by atoms with E-state index in [2.05, 4.69) is 22.3 Å². The minimum absolute atomic E-state index is 0.0586. The number of hydrogen-bond donors (Lipinski definition) is 1. The summed E-state index contributed by atoms with van der Waals surface area (Å²) in [6.45, 7) is 2.20. The Morgan fingerprint density at radius 1 is 1.00 bits per heavy atom. The average Bonchev–Trinajstić information content (AvgIpc) is 3.28. The molecule has 2 aromatic rings. The topological polar surface area (TPSA) is 50.8 Å². The number of benzene rings is 2. The highest BCUT2D eigenvalue weighted by Crippen LogP contribution is 2.30. The Morgan fingerprint density at radius 3 is 2.28 bits per heavy atom. The number of amides is 1. The summed E-state index contributed by atoms with van der Waals surface area (Å²) < 4.78 is 10.6. The molecule has 1 heterocycles. The number of methoxy groups -OCH3 is 2. The van der Waals surface area contributed by atoms with Gasteiger partial charge in [-0.1, -0.05) is 23.7 Å². The molecular weight excluding hydrogens is 424 g/mol. The number of piperidine rings is 1. The minimum Gasteiger partial charge on any atom is -0.497 e. The number of hydrogen-bond acceptors (Lipinski definition) is 4. The van der Waals surface area contributed by atoms with Crippen LogP contribution >= 0.6 is 11.6 Å². The van der Waals surface area contributed by atoms with Crippen molar-refractivity contribution >= 4 is 17.5 Å². The minimum atomic E-state index is -0.0586. The predicted molar refractivity (Wildman–Crippen MR) is 128 cm³/mol. The summed E-state index contributed by atoms with van der Waals surface area (Å²) >= 11 is 6.02. The zero-order chi connectivity index (χ0) is 22.5. The van der Waals surface area contributed by atoms with E-state index in [1.807, 2.05) is 12.1 Å². The summed E-state index contributed by atoms with van der Waals surface area (Å²) in [5.41, 5.74) is 1.95. The second kappa shape index (κ2) is 10.6. The molecule has 4 rings (SSSR count). The number of carbonyl (C=O) groups excluding carboxylic acids is 1. The van der Waals surface area contributed by atoms with Crippen LogP contribution in [0.4, 0.5) is 0 Å². The molecule has 1 amide bonds. The summed E-state index contributed by atoms with van der Waals surface area (Å²) in [7, 11) is 3.19. The largest absolute Gasteiger partial charge is 0.497 e. The van der Waals surface area contributed by atoms with Crippen LogP contribution in [0.3, 0.4) is 0 Å². The van der Waals surface area contributed by atoms with Crippen molar-refractivity contribution in [1.82, 2.24) is 10.2 Å². The molecule has 172 valence electrons. The number of rotatable bonds is 7. The van der Waals surface area contributed by atoms with Gasteiger partial charge in [0.1, 0.15) is 11.5 Å². The van der Waals surface area contributed by atoms with Gasteiger partial charge in [0.2, 0.25) is 0 Å². The molecule has 1 saturated carbocycles. The van der Waals surface area contributed by atoms with Crippen LogP contribution in [-0.2, 0) is 6.42 Å². The van der Waals surface area contributed by atoms with Crippen LogP contribution in [-0.4, -0.2) is 50.2 Å². The van der Waals surface area contributed by atoms with Crippen LogP contribution < -0.4 is 14.8 Å². The van der Waals surface area contributed by atoms with Crippen molar-refractivity contribution in [3.8, 4) is 11.5 Å². The molecule has 0 spiro atoms. The van der Waals surface area contributed by atoms with E-state index in [1.54, 1.807) is 32.4 Å². The second-order valence-corrected chi connectivity index (χ2v) is 9.43. The quantitative estimate of drug-likeness (QED) is 0.639. The van der Waals surface area contributed by atoms with E-state index in [4.69, 9.17) is 21.1 Å². The maximum atomic E-state index is 13.0. The van der Waals surface area contributed by atoms with E-state index in [0.29, 0.717) is 29.0 Å². The fourth-order valence-corrected chi connectivity index (χ4v) is 5.30. The molecule has 2 fully saturated rings. The molecule has 0 unspecified atom stereocenters. The van der Waals surface area contributed by atoms with Crippen molar-refractivity contribution in [2.24, 2.45) is 5.92 Å². The van der Waals surface area contributed by atoms with Gasteiger partial charge in [-0.05, 0) is 87.4 Å². The van der Waals surface area contributed by atoms with Gasteiger partial charge in [0, 0.05) is 28.7 Å². The van der Waals surface area contributed by atoms with E-state index in [1.165, 1.54) is 18.4 Å². The fourth-order valence-electron chi connectivity index (χ4n) is 5.18. The average molecular weight is 457 g/mol. The Labute approximate surface area is 196 Å². The van der Waals surface area contributed by atoms with E-state index < -0.39 is 0 Å². The summed E-state index contributed by atoms with van der Waals surface area (Å²) in [6.07, 6.45) is 6.85. The molecule has 2 atom stereocenters. The third-order valence-electron chi connectivity index (χ3n) is 6.97. The highest BCUT2D eigenvalue weighted by Gasteiger charge is 2.35. The Morgan fingerprint density at radius 2 is 1.66 bits per heavy atom. The van der Waals surface area contributed by atoms with Crippen LogP contribution in [0, 0.1) is 5.92 Å². The lowest BCUT2D eigenvalue weighted by Gasteiger charge is -2.38. The summed E-state index contributed by atoms with van der Waals surface area (Å²) in [4.78, 5) is 15.6. The van der Waals surface area contributed by atoms with Crippen molar-refractivity contribution in [2.45, 2.75) is 50.6 Å². The fraction of sp³-hybridized carbons (Fsp3) is 0.500. The van der Waals surface area contributed by atoms with Crippen LogP contribution in [0.1, 0.15) is 48.0 Å². The molecule has 1 saturated heterocycles. The molecule has 0 radical (unpaired) electrons. The molecule has 6 heteroatoms. The highest BCUT2D eigenvalue weighted by atomic mass is 35.5. The lowest BCUT2D eigenvalue weighted by Crippen LogP contribution is -2.51. The number of ether oxygens (including phenoxy) is 2. The third kappa shape index (κ3) is 5.57. The smallest absolute Gasteiger partial charge is 0.251 e. The van der Waals surface area contributed by atoms with Gasteiger partial charge in [-0.25, -0.2) is 0 Å². The van der Waals surface area contributed by atoms with Gasteiger partial charge in [0.05, 0.1) is 14.2 Å². The number of nitrogens with zero attached hydrogens (tertiary/aromatic N) is 1. The van der Waals surface area contributed by atoms with Crippen LogP contribution in [0.2, 0.25) is 5.02 Å². The lowest BCUT2D eigenvalue weighted by atomic mass is 9.89. The summed E-state index contributed by atoms with van der Waals surface area (Å²) in [5, 5.41) is 4.09. The molecule has 0 bridgehead atoms. The maximum Gasteiger partial charge on any atom is 0.251 e. The van der Waals surface area contributed by atoms with Crippen molar-refractivity contribution in [3.05, 3.63) is 58.6 Å². The van der Waals surface area contributed by atoms with Gasteiger partial charge in [0.25, 0.3) is 5.91 Å². The van der Waals surface area contributed by atoms with Crippen molar-refractivity contribution < 1.29 is 14.3 Å². The van der Waals surface area contributed by atoms with E-state index in [-0.39, 0.29) is 11.9 Å². The molecule has 5 nitrogen and oxygen atoms in total. The van der Waals surface area contributed by atoms with Crippen molar-refractivity contribution in [2.75, 3.05) is 27.3 Å². The van der Waals surface area contributed by atoms with Gasteiger partial charge in [-0.2, -0.15) is 0 Å². The second-order valence-electron chi connectivity index (χ2n) is 8.99. The molecular formula is C26H33ClN2O3. The molecule has 2 aliphatic rings. The number of nitrogens with one attached hydrogen (secondary N) is 1. The van der Waals surface area contributed by atoms with Crippen LogP contribution in [0.15, 0.2) is 42.5 Å². The van der Waals surface area contributed by atoms with Crippen molar-refractivity contribution in [1.29, 1.82) is 0 Å². The first-order chi connectivity index (χ1) is 15.6. The summed E-state index contributed by atoms with van der Waals surface area (Å²) in [5.74, 6) is 1.91. The molecule has 1 aliphatic carbocycles. The zero-order valence-electron chi connectivity index (χ0n) is 19.0. The monoisotopic (exact) mass is 456 g/mol. The van der Waals surface area contributed by atoms with Gasteiger partial charge in [0.15, 0.2) is 0 Å². The Hall–Kier alpha value is -2.24. The SMILES string of the molecule is COc1cc(OC)cc(C(=O)N[C@@H]2CCC[C@H]2N2CCC(Cc3ccc(Cl)cc3)CC2)c1. The number of likely N-dealkylation sites (tertiary alicyclic amines) is 1. The van der Waals surface area contributed by atoms with E-state index in [9.17, 15) is 4.79 Å². The molecule has 2 aromatic carbocycles. The van der Waals surface area contributed by atoms with Gasteiger partial charge >= 0.3 is 0 Å². The molecule has 1 aliphatic heterocycles.